The number of amides is 1. The predicted octanol–water partition coefficient (Wildman–Crippen LogP) is 3.69. The van der Waals surface area contributed by atoms with Crippen LogP contribution < -0.4 is 14.4 Å². The lowest BCUT2D eigenvalue weighted by Gasteiger charge is -2.32. The van der Waals surface area contributed by atoms with Gasteiger partial charge in [0.2, 0.25) is 5.91 Å². The van der Waals surface area contributed by atoms with Gasteiger partial charge in [-0.05, 0) is 42.0 Å². The van der Waals surface area contributed by atoms with Gasteiger partial charge < -0.3 is 14.2 Å². The minimum absolute atomic E-state index is 0.0618. The van der Waals surface area contributed by atoms with Gasteiger partial charge >= 0.3 is 5.97 Å². The van der Waals surface area contributed by atoms with Crippen molar-refractivity contribution in [1.29, 1.82) is 0 Å². The minimum Gasteiger partial charge on any atom is -0.493 e. The second-order valence-corrected chi connectivity index (χ2v) is 6.95. The molecule has 1 amide bonds. The van der Waals surface area contributed by atoms with Crippen molar-refractivity contribution in [1.82, 2.24) is 0 Å². The number of rotatable bonds is 4. The first-order chi connectivity index (χ1) is 13.5. The van der Waals surface area contributed by atoms with Crippen LogP contribution >= 0.6 is 11.6 Å². The summed E-state index contributed by atoms with van der Waals surface area (Å²) in [6, 6.07) is 12.3. The Kier molecular flexibility index (Phi) is 4.73. The van der Waals surface area contributed by atoms with E-state index >= 15 is 0 Å². The van der Waals surface area contributed by atoms with Gasteiger partial charge in [0.05, 0.1) is 25.5 Å². The molecule has 2 aliphatic rings. The highest BCUT2D eigenvalue weighted by atomic mass is 35.5. The van der Waals surface area contributed by atoms with E-state index in [1.54, 1.807) is 55.5 Å². The fourth-order valence-corrected chi connectivity index (χ4v) is 3.82. The third-order valence-corrected chi connectivity index (χ3v) is 5.26. The topological polar surface area (TPSA) is 65.1 Å². The molecular formula is C21H18ClNO5. The van der Waals surface area contributed by atoms with Gasteiger partial charge in [-0.2, -0.15) is 0 Å². The molecule has 0 saturated carbocycles. The second kappa shape index (κ2) is 7.20. The highest BCUT2D eigenvalue weighted by molar-refractivity contribution is 6.30. The summed E-state index contributed by atoms with van der Waals surface area (Å²) < 4.78 is 15.9. The van der Waals surface area contributed by atoms with Crippen molar-refractivity contribution in [2.75, 3.05) is 25.7 Å². The van der Waals surface area contributed by atoms with E-state index in [-0.39, 0.29) is 18.9 Å². The molecule has 0 aliphatic carbocycles. The molecule has 0 radical (unpaired) electrons. The first kappa shape index (κ1) is 18.4. The van der Waals surface area contributed by atoms with Crippen LogP contribution in [-0.4, -0.2) is 32.7 Å². The number of carbonyl (C=O) groups is 2. The zero-order valence-electron chi connectivity index (χ0n) is 15.4. The Morgan fingerprint density at radius 1 is 1.04 bits per heavy atom. The Morgan fingerprint density at radius 2 is 1.75 bits per heavy atom. The van der Waals surface area contributed by atoms with E-state index in [0.29, 0.717) is 33.5 Å². The maximum atomic E-state index is 13.0. The number of methoxy groups -OCH3 is 2. The van der Waals surface area contributed by atoms with E-state index in [9.17, 15) is 9.59 Å². The lowest BCUT2D eigenvalue weighted by atomic mass is 9.84. The molecule has 0 spiro atoms. The highest BCUT2D eigenvalue weighted by Gasteiger charge is 2.43. The van der Waals surface area contributed by atoms with Crippen LogP contribution in [0.3, 0.4) is 0 Å². The first-order valence-corrected chi connectivity index (χ1v) is 9.12. The largest absolute Gasteiger partial charge is 0.493 e. The molecule has 4 rings (SSSR count). The van der Waals surface area contributed by atoms with E-state index in [0.717, 1.165) is 5.56 Å². The van der Waals surface area contributed by atoms with Gasteiger partial charge in [0, 0.05) is 23.0 Å². The molecule has 1 unspecified atom stereocenters. The summed E-state index contributed by atoms with van der Waals surface area (Å²) in [6.07, 6.45) is 0.145. The van der Waals surface area contributed by atoms with Crippen LogP contribution in [0.4, 0.5) is 5.69 Å². The Hall–Kier alpha value is -2.99. The van der Waals surface area contributed by atoms with Crippen LogP contribution in [0.5, 0.6) is 11.5 Å². The predicted molar refractivity (Wildman–Crippen MR) is 104 cm³/mol. The van der Waals surface area contributed by atoms with E-state index in [1.165, 1.54) is 0 Å². The van der Waals surface area contributed by atoms with E-state index < -0.39 is 11.9 Å². The average Bonchev–Trinajstić information content (AvgIpc) is 3.09. The van der Waals surface area contributed by atoms with Gasteiger partial charge in [0.1, 0.15) is 6.61 Å². The zero-order chi connectivity index (χ0) is 19.8. The number of halogens is 1. The summed E-state index contributed by atoms with van der Waals surface area (Å²) in [5, 5.41) is 0.573. The summed E-state index contributed by atoms with van der Waals surface area (Å²) in [5.41, 5.74) is 2.53. The molecule has 6 nitrogen and oxygen atoms in total. The van der Waals surface area contributed by atoms with Crippen LogP contribution in [0.2, 0.25) is 5.02 Å². The molecule has 2 heterocycles. The average molecular weight is 400 g/mol. The number of carbonyl (C=O) groups excluding carboxylic acids is 2. The summed E-state index contributed by atoms with van der Waals surface area (Å²) in [4.78, 5) is 27.1. The monoisotopic (exact) mass is 399 g/mol. The Labute approximate surface area is 167 Å². The highest BCUT2D eigenvalue weighted by Crippen LogP contribution is 2.43. The van der Waals surface area contributed by atoms with Crippen LogP contribution in [0.15, 0.2) is 53.7 Å². The van der Waals surface area contributed by atoms with Crippen molar-refractivity contribution in [3.63, 3.8) is 0 Å². The number of hydrogen-bond acceptors (Lipinski definition) is 5. The molecule has 0 bridgehead atoms. The molecule has 2 aromatic carbocycles. The normalized spacial score (nSPS) is 18.8. The third kappa shape index (κ3) is 2.99. The van der Waals surface area contributed by atoms with Crippen molar-refractivity contribution < 1.29 is 23.8 Å². The maximum absolute atomic E-state index is 13.0. The number of hydrogen-bond donors (Lipinski definition) is 0. The number of nitrogens with zero attached hydrogens (tertiary/aromatic N) is 1. The van der Waals surface area contributed by atoms with Gasteiger partial charge in [0.25, 0.3) is 0 Å². The number of anilines is 1. The molecule has 0 aromatic heterocycles. The summed E-state index contributed by atoms with van der Waals surface area (Å²) in [5.74, 6) is 0.210. The first-order valence-electron chi connectivity index (χ1n) is 8.74. The second-order valence-electron chi connectivity index (χ2n) is 6.51. The van der Waals surface area contributed by atoms with Crippen molar-refractivity contribution in [3.8, 4) is 11.5 Å². The smallest absolute Gasteiger partial charge is 0.336 e. The quantitative estimate of drug-likeness (QED) is 0.733. The number of benzene rings is 2. The lowest BCUT2D eigenvalue weighted by Crippen LogP contribution is -2.37. The van der Waals surface area contributed by atoms with Crippen molar-refractivity contribution >= 4 is 29.2 Å². The standard InChI is InChI=1S/C21H18ClNO5/c1-26-17-8-3-12(9-18(17)27-2)15-10-19(24)23(14-6-4-13(22)5-7-14)16-11-28-21(25)20(15)16/h3-9,15H,10-11H2,1-2H3. The van der Waals surface area contributed by atoms with E-state index in [2.05, 4.69) is 0 Å². The van der Waals surface area contributed by atoms with Crippen LogP contribution in [0, 0.1) is 0 Å². The summed E-state index contributed by atoms with van der Waals surface area (Å²) in [6.45, 7) is 0.0618. The molecule has 7 heteroatoms. The summed E-state index contributed by atoms with van der Waals surface area (Å²) >= 11 is 5.96. The van der Waals surface area contributed by atoms with Crippen molar-refractivity contribution in [2.45, 2.75) is 12.3 Å². The fourth-order valence-electron chi connectivity index (χ4n) is 3.70. The molecule has 0 fully saturated rings. The van der Waals surface area contributed by atoms with Crippen LogP contribution in [0.25, 0.3) is 0 Å². The molecule has 0 saturated heterocycles. The molecular weight excluding hydrogens is 382 g/mol. The Balaban J connectivity index is 1.80. The SMILES string of the molecule is COc1ccc(C2CC(=O)N(c3ccc(Cl)cc3)C3=C2C(=O)OC3)cc1OC. The zero-order valence-corrected chi connectivity index (χ0v) is 16.2. The van der Waals surface area contributed by atoms with Crippen LogP contribution in [0.1, 0.15) is 17.9 Å². The number of ether oxygens (including phenoxy) is 3. The van der Waals surface area contributed by atoms with Gasteiger partial charge in [-0.15, -0.1) is 0 Å². The van der Waals surface area contributed by atoms with Gasteiger partial charge in [-0.3, -0.25) is 9.69 Å². The van der Waals surface area contributed by atoms with Gasteiger partial charge in [0.15, 0.2) is 11.5 Å². The Bertz CT molecular complexity index is 983. The molecule has 0 N–H and O–H groups in total. The number of cyclic esters (lactones) is 1. The molecule has 2 aliphatic heterocycles. The molecule has 144 valence electrons. The van der Waals surface area contributed by atoms with Crippen molar-refractivity contribution in [2.24, 2.45) is 0 Å². The Morgan fingerprint density at radius 3 is 2.43 bits per heavy atom. The summed E-state index contributed by atoms with van der Waals surface area (Å²) in [7, 11) is 3.10. The van der Waals surface area contributed by atoms with Crippen molar-refractivity contribution in [3.05, 3.63) is 64.3 Å². The minimum atomic E-state index is -0.402. The maximum Gasteiger partial charge on any atom is 0.336 e. The van der Waals surface area contributed by atoms with Gasteiger partial charge in [-0.25, -0.2) is 4.79 Å². The fraction of sp³-hybridized carbons (Fsp3) is 0.238. The molecule has 1 atom stereocenters. The molecule has 2 aromatic rings. The van der Waals surface area contributed by atoms with Gasteiger partial charge in [-0.1, -0.05) is 17.7 Å². The van der Waals surface area contributed by atoms with E-state index in [4.69, 9.17) is 25.8 Å². The third-order valence-electron chi connectivity index (χ3n) is 5.01. The van der Waals surface area contributed by atoms with Crippen LogP contribution in [-0.2, 0) is 14.3 Å². The molecule has 28 heavy (non-hydrogen) atoms. The lowest BCUT2D eigenvalue weighted by molar-refractivity contribution is -0.136. The number of esters is 1. The van der Waals surface area contributed by atoms with E-state index in [1.807, 2.05) is 6.07 Å².